The fourth-order valence-corrected chi connectivity index (χ4v) is 3.06. The molecule has 0 bridgehead atoms. The highest BCUT2D eigenvalue weighted by atomic mass is 32.2. The minimum Gasteiger partial charge on any atom is -0.455 e. The predicted molar refractivity (Wildman–Crippen MR) is 110 cm³/mol. The summed E-state index contributed by atoms with van der Waals surface area (Å²) in [7, 11) is 0.102. The molecule has 0 aliphatic rings. The first-order chi connectivity index (χ1) is 13.4. The first-order valence-electron chi connectivity index (χ1n) is 9.26. The first kappa shape index (κ1) is 25.2. The third-order valence-corrected chi connectivity index (χ3v) is 5.37. The van der Waals surface area contributed by atoms with Crippen molar-refractivity contribution >= 4 is 45.6 Å². The molecule has 0 saturated heterocycles. The Balaban J connectivity index is 2.76. The highest BCUT2D eigenvalue weighted by Gasteiger charge is 2.51. The van der Waals surface area contributed by atoms with E-state index in [4.69, 9.17) is 9.29 Å². The van der Waals surface area contributed by atoms with Gasteiger partial charge in [0, 0.05) is 0 Å². The molecule has 0 radical (unpaired) electrons. The van der Waals surface area contributed by atoms with Crippen molar-refractivity contribution in [2.45, 2.75) is 50.1 Å². The molecule has 1 atom stereocenters. The van der Waals surface area contributed by atoms with E-state index in [0.29, 0.717) is 25.3 Å². The Hall–Kier alpha value is -1.88. The van der Waals surface area contributed by atoms with E-state index in [1.807, 2.05) is 35.7 Å². The van der Waals surface area contributed by atoms with E-state index in [2.05, 4.69) is 4.74 Å². The molecule has 1 aromatic carbocycles. The molecule has 0 fully saturated rings. The number of esters is 2. The third-order valence-electron chi connectivity index (χ3n) is 4.35. The average molecular weight is 430 g/mol. The van der Waals surface area contributed by atoms with Crippen molar-refractivity contribution in [2.75, 3.05) is 0 Å². The lowest BCUT2D eigenvalue weighted by molar-refractivity contribution is -0.160. The van der Waals surface area contributed by atoms with Crippen LogP contribution in [0, 0.1) is 0 Å². The monoisotopic (exact) mass is 430 g/mol. The highest BCUT2D eigenvalue weighted by Crippen LogP contribution is 2.28. The second-order valence-corrected chi connectivity index (χ2v) is 7.94. The van der Waals surface area contributed by atoms with Crippen molar-refractivity contribution in [3.63, 3.8) is 0 Å². The van der Waals surface area contributed by atoms with Gasteiger partial charge in [0.05, 0.1) is 12.8 Å². The van der Waals surface area contributed by atoms with Gasteiger partial charge in [0.1, 0.15) is 29.3 Å². The van der Waals surface area contributed by atoms with Gasteiger partial charge in [-0.05, 0) is 18.1 Å². The maximum absolute atomic E-state index is 13.4. The van der Waals surface area contributed by atoms with Crippen LogP contribution in [0.2, 0.25) is 0 Å². The molecule has 7 nitrogen and oxygen atoms in total. The molecule has 1 N–H and O–H groups in total. The van der Waals surface area contributed by atoms with Gasteiger partial charge in [-0.15, -0.1) is 0 Å². The molecule has 158 valence electrons. The summed E-state index contributed by atoms with van der Waals surface area (Å²) in [6.07, 6.45) is -1.35. The molecule has 29 heavy (non-hydrogen) atoms. The van der Waals surface area contributed by atoms with Crippen molar-refractivity contribution in [1.82, 2.24) is 0 Å². The largest absolute Gasteiger partial charge is 0.455 e. The fourth-order valence-electron chi connectivity index (χ4n) is 2.59. The number of hydrogen-bond acceptors (Lipinski definition) is 6. The Morgan fingerprint density at radius 1 is 1.07 bits per heavy atom. The minimum atomic E-state index is -5.74. The van der Waals surface area contributed by atoms with E-state index in [9.17, 15) is 26.8 Å². The lowest BCUT2D eigenvalue weighted by Crippen LogP contribution is -2.42. The van der Waals surface area contributed by atoms with Crippen LogP contribution in [-0.4, -0.2) is 59.8 Å². The zero-order chi connectivity index (χ0) is 22.4. The number of rotatable bonds is 10. The van der Waals surface area contributed by atoms with Crippen molar-refractivity contribution in [3.05, 3.63) is 28.8 Å². The number of ether oxygens (including phenoxy) is 2. The van der Waals surface area contributed by atoms with Gasteiger partial charge in [0.2, 0.25) is 0 Å². The summed E-state index contributed by atoms with van der Waals surface area (Å²) in [6, 6.07) is 3.88. The third kappa shape index (κ3) is 6.57. The van der Waals surface area contributed by atoms with Gasteiger partial charge < -0.3 is 9.47 Å². The molecule has 0 saturated carbocycles. The fraction of sp³-hybridized carbons (Fsp3) is 0.500. The quantitative estimate of drug-likeness (QED) is 0.224. The van der Waals surface area contributed by atoms with Crippen LogP contribution in [-0.2, 0) is 43.4 Å². The van der Waals surface area contributed by atoms with Gasteiger partial charge in [-0.2, -0.15) is 17.2 Å². The van der Waals surface area contributed by atoms with E-state index >= 15 is 0 Å². The van der Waals surface area contributed by atoms with Crippen LogP contribution in [0.5, 0.6) is 5.75 Å². The molecular formula is C16H23B3F2O7S. The van der Waals surface area contributed by atoms with E-state index in [1.54, 1.807) is 0 Å². The first-order valence-corrected chi connectivity index (χ1v) is 10.7. The summed E-state index contributed by atoms with van der Waals surface area (Å²) in [4.78, 5) is 23.8. The van der Waals surface area contributed by atoms with Gasteiger partial charge >= 0.3 is 27.3 Å². The average Bonchev–Trinajstić information content (AvgIpc) is 2.65. The second-order valence-electron chi connectivity index (χ2n) is 6.45. The Morgan fingerprint density at radius 3 is 1.97 bits per heavy atom. The zero-order valence-electron chi connectivity index (χ0n) is 16.8. The number of halogens is 2. The summed E-state index contributed by atoms with van der Waals surface area (Å²) < 4.78 is 66.3. The van der Waals surface area contributed by atoms with E-state index in [1.165, 1.54) is 0 Å². The summed E-state index contributed by atoms with van der Waals surface area (Å²) in [5.74, 6) is -1.54. The molecule has 13 heteroatoms. The van der Waals surface area contributed by atoms with E-state index < -0.39 is 46.3 Å². The van der Waals surface area contributed by atoms with Crippen LogP contribution in [0.25, 0.3) is 0 Å². The van der Waals surface area contributed by atoms with Gasteiger partial charge in [-0.3, -0.25) is 14.1 Å². The molecule has 0 spiro atoms. The summed E-state index contributed by atoms with van der Waals surface area (Å²) in [5.41, 5.74) is 2.80. The Morgan fingerprint density at radius 2 is 1.55 bits per heavy atom. The van der Waals surface area contributed by atoms with Crippen LogP contribution in [0.15, 0.2) is 12.1 Å². The maximum atomic E-state index is 13.4. The molecule has 0 aliphatic carbocycles. The maximum Gasteiger partial charge on any atom is 0.405 e. The lowest BCUT2D eigenvalue weighted by Gasteiger charge is -2.20. The number of alkyl halides is 2. The van der Waals surface area contributed by atoms with Crippen molar-refractivity contribution in [3.8, 4) is 5.75 Å². The molecule has 0 aliphatic heterocycles. The number of carbonyl (C=O) groups excluding carboxylic acids is 2. The summed E-state index contributed by atoms with van der Waals surface area (Å²) in [5, 5.41) is -4.66. The van der Waals surface area contributed by atoms with Crippen LogP contribution in [0.4, 0.5) is 8.78 Å². The van der Waals surface area contributed by atoms with Crippen molar-refractivity contribution in [2.24, 2.45) is 0 Å². The normalized spacial score (nSPS) is 13.0. The zero-order valence-corrected chi connectivity index (χ0v) is 17.6. The summed E-state index contributed by atoms with van der Waals surface area (Å²) in [6.45, 7) is 0.625. The Labute approximate surface area is 171 Å². The van der Waals surface area contributed by atoms with Crippen LogP contribution < -0.4 is 4.74 Å². The van der Waals surface area contributed by atoms with Gasteiger partial charge in [-0.25, -0.2) is 0 Å². The molecule has 0 heterocycles. The molecule has 1 rings (SSSR count). The SMILES string of the molecule is BCc1cc(CB)c(OC(=O)CCC(=O)OC(C)C(F)(F)S(=O)(=O)O)c(CB)c1. The standard InChI is InChI=1S/C16H23B3F2O7S/c1-9(16(20,21)29(24,25)26)27-13(22)2-3-14(23)28-15-11(7-18)4-10(6-17)5-12(15)8-19/h4-5,9H,2-3,6-8,17-19H2,1H3,(H,24,25,26). The Bertz CT molecular complexity index is 837. The molecule has 1 unspecified atom stereocenters. The van der Waals surface area contributed by atoms with Crippen molar-refractivity contribution < 1.29 is 40.8 Å². The summed E-state index contributed by atoms with van der Waals surface area (Å²) >= 11 is 0. The van der Waals surface area contributed by atoms with Gasteiger partial charge in [0.25, 0.3) is 0 Å². The van der Waals surface area contributed by atoms with Crippen LogP contribution >= 0.6 is 0 Å². The number of hydrogen-bond donors (Lipinski definition) is 1. The van der Waals surface area contributed by atoms with Crippen LogP contribution in [0.1, 0.15) is 36.5 Å². The highest BCUT2D eigenvalue weighted by molar-refractivity contribution is 7.86. The topological polar surface area (TPSA) is 107 Å². The molecular weight excluding hydrogens is 407 g/mol. The van der Waals surface area contributed by atoms with E-state index in [0.717, 1.165) is 23.0 Å². The molecule has 1 aromatic rings. The Kier molecular flexibility index (Phi) is 8.89. The minimum absolute atomic E-state index is 0.428. The number of carbonyl (C=O) groups is 2. The molecule has 0 aromatic heterocycles. The van der Waals surface area contributed by atoms with Gasteiger partial charge in [-0.1, -0.05) is 36.7 Å². The lowest BCUT2D eigenvalue weighted by atomic mass is 9.85. The second kappa shape index (κ2) is 10.2. The molecule has 0 amide bonds. The van der Waals surface area contributed by atoms with Gasteiger partial charge in [0.15, 0.2) is 6.10 Å². The van der Waals surface area contributed by atoms with Crippen molar-refractivity contribution in [1.29, 1.82) is 0 Å². The predicted octanol–water partition coefficient (Wildman–Crippen LogP) is -0.816. The smallest absolute Gasteiger partial charge is 0.405 e. The van der Waals surface area contributed by atoms with Crippen LogP contribution in [0.3, 0.4) is 0 Å². The number of benzene rings is 1. The van der Waals surface area contributed by atoms with E-state index in [-0.39, 0.29) is 0 Å².